The van der Waals surface area contributed by atoms with Crippen molar-refractivity contribution in [2.45, 2.75) is 25.8 Å². The fourth-order valence-electron chi connectivity index (χ4n) is 1.20. The average Bonchev–Trinajstić information content (AvgIpc) is 2.06. The van der Waals surface area contributed by atoms with Crippen LogP contribution in [-0.4, -0.2) is 6.04 Å². The zero-order chi connectivity index (χ0) is 8.81. The number of benzene rings is 1. The van der Waals surface area contributed by atoms with E-state index in [1.165, 1.54) is 5.69 Å². The fourth-order valence-corrected chi connectivity index (χ4v) is 1.20. The van der Waals surface area contributed by atoms with Gasteiger partial charge in [0, 0.05) is 11.7 Å². The second kappa shape index (κ2) is 4.81. The maximum absolute atomic E-state index is 3.83. The molecule has 0 aliphatic heterocycles. The molecule has 0 heterocycles. The first-order chi connectivity index (χ1) is 5.83. The molecule has 0 spiro atoms. The molecule has 1 N–H and O–H groups in total. The van der Waals surface area contributed by atoms with Crippen LogP contribution in [0, 0.1) is 6.92 Å². The van der Waals surface area contributed by atoms with Crippen molar-refractivity contribution >= 4 is 5.69 Å². The quantitative estimate of drug-likeness (QED) is 0.717. The van der Waals surface area contributed by atoms with Crippen molar-refractivity contribution in [2.75, 3.05) is 5.32 Å². The van der Waals surface area contributed by atoms with Gasteiger partial charge < -0.3 is 5.32 Å². The molecule has 0 aliphatic carbocycles. The molecule has 0 aliphatic rings. The van der Waals surface area contributed by atoms with E-state index in [1.807, 2.05) is 18.2 Å². The van der Waals surface area contributed by atoms with Crippen molar-refractivity contribution in [1.29, 1.82) is 0 Å². The van der Waals surface area contributed by atoms with Gasteiger partial charge in [-0.3, -0.25) is 0 Å². The molecule has 0 amide bonds. The summed E-state index contributed by atoms with van der Waals surface area (Å²) in [7, 11) is 0. The lowest BCUT2D eigenvalue weighted by Crippen LogP contribution is -2.14. The second-order valence-electron chi connectivity index (χ2n) is 3.05. The van der Waals surface area contributed by atoms with Gasteiger partial charge in [-0.1, -0.05) is 31.5 Å². The predicted octanol–water partition coefficient (Wildman–Crippen LogP) is 3.10. The van der Waals surface area contributed by atoms with E-state index in [-0.39, 0.29) is 0 Å². The molecule has 1 nitrogen and oxygen atoms in total. The second-order valence-corrected chi connectivity index (χ2v) is 3.05. The van der Waals surface area contributed by atoms with Gasteiger partial charge in [0.15, 0.2) is 0 Å². The van der Waals surface area contributed by atoms with Crippen LogP contribution in [0.25, 0.3) is 0 Å². The predicted molar refractivity (Wildman–Crippen MR) is 54.1 cm³/mol. The van der Waals surface area contributed by atoms with Crippen LogP contribution in [0.3, 0.4) is 0 Å². The molecule has 0 saturated carbocycles. The van der Waals surface area contributed by atoms with Gasteiger partial charge in [0.05, 0.1) is 0 Å². The zero-order valence-electron chi connectivity index (χ0n) is 7.59. The summed E-state index contributed by atoms with van der Waals surface area (Å²) in [6.45, 7) is 6.01. The first-order valence-corrected chi connectivity index (χ1v) is 4.43. The van der Waals surface area contributed by atoms with Gasteiger partial charge in [-0.25, -0.2) is 0 Å². The van der Waals surface area contributed by atoms with Crippen LogP contribution in [0.1, 0.15) is 19.8 Å². The highest BCUT2D eigenvalue weighted by molar-refractivity contribution is 5.43. The molecule has 1 rings (SSSR count). The SMILES string of the molecule is [CH2]CCC(C)Nc1ccccc1. The minimum absolute atomic E-state index is 0.518. The Labute approximate surface area is 74.8 Å². The molecule has 12 heavy (non-hydrogen) atoms. The first-order valence-electron chi connectivity index (χ1n) is 4.43. The molecule has 1 heteroatoms. The lowest BCUT2D eigenvalue weighted by molar-refractivity contribution is 0.717. The minimum atomic E-state index is 0.518. The van der Waals surface area contributed by atoms with E-state index in [9.17, 15) is 0 Å². The number of hydrogen-bond donors (Lipinski definition) is 1. The summed E-state index contributed by atoms with van der Waals surface area (Å²) in [6.07, 6.45) is 2.11. The van der Waals surface area contributed by atoms with Gasteiger partial charge in [-0.2, -0.15) is 0 Å². The highest BCUT2D eigenvalue weighted by Gasteiger charge is 1.98. The number of nitrogens with one attached hydrogen (secondary N) is 1. The van der Waals surface area contributed by atoms with Crippen LogP contribution >= 0.6 is 0 Å². The number of anilines is 1. The monoisotopic (exact) mass is 162 g/mol. The Morgan fingerprint density at radius 3 is 2.58 bits per heavy atom. The average molecular weight is 162 g/mol. The van der Waals surface area contributed by atoms with Crippen molar-refractivity contribution in [3.8, 4) is 0 Å². The van der Waals surface area contributed by atoms with Gasteiger partial charge in [0.25, 0.3) is 0 Å². The maximum atomic E-state index is 3.83. The van der Waals surface area contributed by atoms with E-state index in [0.717, 1.165) is 12.8 Å². The van der Waals surface area contributed by atoms with Crippen molar-refractivity contribution in [2.24, 2.45) is 0 Å². The van der Waals surface area contributed by atoms with E-state index >= 15 is 0 Å². The lowest BCUT2D eigenvalue weighted by atomic mass is 10.2. The molecule has 0 saturated heterocycles. The maximum Gasteiger partial charge on any atom is 0.0342 e. The Balaban J connectivity index is 2.41. The Morgan fingerprint density at radius 1 is 1.33 bits per heavy atom. The minimum Gasteiger partial charge on any atom is -0.383 e. The van der Waals surface area contributed by atoms with Gasteiger partial charge in [0.2, 0.25) is 0 Å². The van der Waals surface area contributed by atoms with E-state index < -0.39 is 0 Å². The van der Waals surface area contributed by atoms with Crippen LogP contribution in [0.4, 0.5) is 5.69 Å². The van der Waals surface area contributed by atoms with Crippen molar-refractivity contribution in [3.63, 3.8) is 0 Å². The summed E-state index contributed by atoms with van der Waals surface area (Å²) in [4.78, 5) is 0. The van der Waals surface area contributed by atoms with Crippen LogP contribution in [-0.2, 0) is 0 Å². The topological polar surface area (TPSA) is 12.0 Å². The molecule has 0 fully saturated rings. The molecule has 0 bridgehead atoms. The zero-order valence-corrected chi connectivity index (χ0v) is 7.59. The molecule has 0 aromatic heterocycles. The molecular weight excluding hydrogens is 146 g/mol. The van der Waals surface area contributed by atoms with Crippen LogP contribution in [0.2, 0.25) is 0 Å². The number of rotatable bonds is 4. The Kier molecular flexibility index (Phi) is 3.65. The normalized spacial score (nSPS) is 12.5. The third kappa shape index (κ3) is 2.95. The lowest BCUT2D eigenvalue weighted by Gasteiger charge is -2.13. The summed E-state index contributed by atoms with van der Waals surface area (Å²) in [5.74, 6) is 0. The van der Waals surface area contributed by atoms with E-state index in [0.29, 0.717) is 6.04 Å². The molecule has 1 atom stereocenters. The molecular formula is C11H16N. The molecule has 1 unspecified atom stereocenters. The Bertz CT molecular complexity index is 206. The molecule has 1 aromatic rings. The highest BCUT2D eigenvalue weighted by Crippen LogP contribution is 2.08. The Hall–Kier alpha value is -0.980. The summed E-state index contributed by atoms with van der Waals surface area (Å²) in [6, 6.07) is 10.8. The van der Waals surface area contributed by atoms with Gasteiger partial charge in [0.1, 0.15) is 0 Å². The molecule has 1 aromatic carbocycles. The summed E-state index contributed by atoms with van der Waals surface area (Å²) in [5.41, 5.74) is 1.19. The van der Waals surface area contributed by atoms with Gasteiger partial charge >= 0.3 is 0 Å². The smallest absolute Gasteiger partial charge is 0.0342 e. The number of hydrogen-bond acceptors (Lipinski definition) is 1. The van der Waals surface area contributed by atoms with E-state index in [1.54, 1.807) is 0 Å². The highest BCUT2D eigenvalue weighted by atomic mass is 14.9. The van der Waals surface area contributed by atoms with E-state index in [4.69, 9.17) is 0 Å². The van der Waals surface area contributed by atoms with Crippen LogP contribution in [0.5, 0.6) is 0 Å². The summed E-state index contributed by atoms with van der Waals surface area (Å²) in [5, 5.41) is 3.40. The van der Waals surface area contributed by atoms with Crippen LogP contribution in [0.15, 0.2) is 30.3 Å². The van der Waals surface area contributed by atoms with Crippen molar-refractivity contribution in [3.05, 3.63) is 37.3 Å². The third-order valence-corrected chi connectivity index (χ3v) is 1.82. The molecule has 1 radical (unpaired) electrons. The van der Waals surface area contributed by atoms with Crippen molar-refractivity contribution in [1.82, 2.24) is 0 Å². The summed E-state index contributed by atoms with van der Waals surface area (Å²) >= 11 is 0. The van der Waals surface area contributed by atoms with Crippen LogP contribution < -0.4 is 5.32 Å². The fraction of sp³-hybridized carbons (Fsp3) is 0.364. The van der Waals surface area contributed by atoms with Gasteiger partial charge in [-0.15, -0.1) is 0 Å². The largest absolute Gasteiger partial charge is 0.383 e. The third-order valence-electron chi connectivity index (χ3n) is 1.82. The standard InChI is InChI=1S/C11H16N/c1-3-7-10(2)12-11-8-5-4-6-9-11/h4-6,8-10,12H,1,3,7H2,2H3. The number of para-hydroxylation sites is 1. The van der Waals surface area contributed by atoms with Crippen molar-refractivity contribution < 1.29 is 0 Å². The summed E-state index contributed by atoms with van der Waals surface area (Å²) < 4.78 is 0. The molecule has 65 valence electrons. The van der Waals surface area contributed by atoms with Gasteiger partial charge in [-0.05, 0) is 25.5 Å². The first kappa shape index (κ1) is 9.11. The Morgan fingerprint density at radius 2 is 2.00 bits per heavy atom. The van der Waals surface area contributed by atoms with E-state index in [2.05, 4.69) is 31.3 Å².